The zero-order chi connectivity index (χ0) is 16.3. The fourth-order valence-corrected chi connectivity index (χ4v) is 1.84. The maximum Gasteiger partial charge on any atom is 0.324 e. The summed E-state index contributed by atoms with van der Waals surface area (Å²) in [5, 5.41) is 4.25. The zero-order valence-corrected chi connectivity index (χ0v) is 17.7. The molecule has 0 fully saturated rings. The number of hydrogen-bond acceptors (Lipinski definition) is 4. The first-order valence-electron chi connectivity index (χ1n) is 6.16. The van der Waals surface area contributed by atoms with Crippen LogP contribution in [0.25, 0.3) is 0 Å². The second-order valence-corrected chi connectivity index (χ2v) is 4.77. The largest absolute Gasteiger partial charge is 0.392 e. The van der Waals surface area contributed by atoms with Crippen LogP contribution in [-0.2, 0) is 0 Å². The molecule has 0 aliphatic heterocycles. The quantitative estimate of drug-likeness (QED) is 0.514. The van der Waals surface area contributed by atoms with Gasteiger partial charge in [-0.15, -0.1) is 5.56 Å². The van der Waals surface area contributed by atoms with Gasteiger partial charge in [-0.05, 0) is 18.7 Å². The number of aryl methyl sites for hydroxylation is 2. The number of carbonyl (C=O) groups excluding carboxylic acids is 2. The molecule has 24 heavy (non-hydrogen) atoms. The van der Waals surface area contributed by atoms with Crippen LogP contribution in [-0.4, -0.2) is 21.9 Å². The van der Waals surface area contributed by atoms with E-state index < -0.39 is 17.8 Å². The topological polar surface area (TPSA) is 84.0 Å². The molecule has 125 valence electrons. The SMILES string of the molecule is Cc1ccn[c-]c1NC(=O)NC(=O)c1cc(F)c(C)nc1Cl.[CH3-].[Pr]. The van der Waals surface area contributed by atoms with Gasteiger partial charge in [-0.1, -0.05) is 30.9 Å². The minimum atomic E-state index is -0.865. The fourth-order valence-electron chi connectivity index (χ4n) is 1.57. The molecule has 0 aliphatic carbocycles. The molecule has 0 aromatic carbocycles. The number of anilines is 1. The van der Waals surface area contributed by atoms with Crippen LogP contribution in [0.4, 0.5) is 14.9 Å². The number of amides is 3. The minimum absolute atomic E-state index is 0. The van der Waals surface area contributed by atoms with E-state index >= 15 is 0 Å². The molecule has 0 bridgehead atoms. The number of pyridine rings is 2. The van der Waals surface area contributed by atoms with Crippen molar-refractivity contribution in [3.63, 3.8) is 0 Å². The van der Waals surface area contributed by atoms with Gasteiger partial charge in [0.25, 0.3) is 5.91 Å². The molecule has 2 rings (SSSR count). The van der Waals surface area contributed by atoms with Gasteiger partial charge in [0.2, 0.25) is 0 Å². The van der Waals surface area contributed by atoms with Gasteiger partial charge in [0.15, 0.2) is 0 Å². The number of carbonyl (C=O) groups is 2. The van der Waals surface area contributed by atoms with E-state index in [4.69, 9.17) is 11.6 Å². The average molecular weight is 478 g/mol. The third-order valence-electron chi connectivity index (χ3n) is 2.78. The monoisotopic (exact) mass is 477 g/mol. The average Bonchev–Trinajstić information content (AvgIpc) is 2.45. The first-order valence-corrected chi connectivity index (χ1v) is 6.54. The molecule has 2 N–H and O–H groups in total. The summed E-state index contributed by atoms with van der Waals surface area (Å²) < 4.78 is 13.4. The van der Waals surface area contributed by atoms with Gasteiger partial charge in [0, 0.05) is 41.3 Å². The van der Waals surface area contributed by atoms with E-state index in [1.54, 1.807) is 13.0 Å². The molecular formula is C15H14ClFN4O2Pr-2. The Morgan fingerprint density at radius 2 is 2.00 bits per heavy atom. The predicted molar refractivity (Wildman–Crippen MR) is 84.7 cm³/mol. The number of urea groups is 1. The Kier molecular flexibility index (Phi) is 9.47. The Bertz CT molecular complexity index is 758. The normalized spacial score (nSPS) is 9.33. The zero-order valence-electron chi connectivity index (χ0n) is 13.3. The van der Waals surface area contributed by atoms with Crippen molar-refractivity contribution in [2.45, 2.75) is 13.8 Å². The number of nitrogens with one attached hydrogen (secondary N) is 2. The van der Waals surface area contributed by atoms with Crippen molar-refractivity contribution >= 4 is 29.2 Å². The summed E-state index contributed by atoms with van der Waals surface area (Å²) in [5.74, 6) is -1.55. The standard InChI is InChI=1S/C14H11ClFN4O2.CH3.Pr/c1-7-3-4-17-6-11(7)19-14(22)20-13(21)9-5-10(16)8(2)18-12(9)15;;/h3-5H,1-2H3,(H2,19,20,21,22);1H3;/q2*-1;. The Balaban J connectivity index is 0.00000264. The third kappa shape index (κ3) is 5.72. The molecule has 0 unspecified atom stereocenters. The Morgan fingerprint density at radius 3 is 2.62 bits per heavy atom. The number of hydrogen-bond donors (Lipinski definition) is 2. The molecule has 0 saturated carbocycles. The summed E-state index contributed by atoms with van der Waals surface area (Å²) in [7, 11) is 0. The molecule has 2 aromatic rings. The molecule has 0 saturated heterocycles. The van der Waals surface area contributed by atoms with E-state index in [1.165, 1.54) is 13.1 Å². The van der Waals surface area contributed by atoms with E-state index in [2.05, 4.69) is 21.5 Å². The number of rotatable bonds is 2. The first kappa shape index (κ1) is 22.8. The van der Waals surface area contributed by atoms with Crippen molar-refractivity contribution in [1.82, 2.24) is 15.3 Å². The molecule has 0 aliphatic rings. The maximum absolute atomic E-state index is 13.4. The van der Waals surface area contributed by atoms with E-state index in [1.807, 2.05) is 5.32 Å². The van der Waals surface area contributed by atoms with Gasteiger partial charge in [0.05, 0.1) is 11.3 Å². The van der Waals surface area contributed by atoms with Gasteiger partial charge >= 0.3 is 6.03 Å². The number of imide groups is 1. The molecule has 0 atom stereocenters. The summed E-state index contributed by atoms with van der Waals surface area (Å²) in [4.78, 5) is 31.1. The Morgan fingerprint density at radius 1 is 1.33 bits per heavy atom. The second-order valence-electron chi connectivity index (χ2n) is 4.42. The first-order chi connectivity index (χ1) is 10.4. The minimum Gasteiger partial charge on any atom is -0.392 e. The van der Waals surface area contributed by atoms with Crippen LogP contribution in [0.15, 0.2) is 18.3 Å². The van der Waals surface area contributed by atoms with Crippen molar-refractivity contribution in [2.24, 2.45) is 0 Å². The van der Waals surface area contributed by atoms with E-state index in [-0.39, 0.29) is 65.1 Å². The summed E-state index contributed by atoms with van der Waals surface area (Å²) in [6.07, 6.45) is 4.09. The van der Waals surface area contributed by atoms with Crippen molar-refractivity contribution in [1.29, 1.82) is 0 Å². The molecule has 2 aromatic heterocycles. The van der Waals surface area contributed by atoms with Crippen LogP contribution in [0.5, 0.6) is 0 Å². The van der Waals surface area contributed by atoms with Crippen molar-refractivity contribution in [3.05, 3.63) is 59.7 Å². The molecule has 6 nitrogen and oxygen atoms in total. The van der Waals surface area contributed by atoms with Gasteiger partial charge in [0.1, 0.15) is 11.0 Å². The third-order valence-corrected chi connectivity index (χ3v) is 3.07. The van der Waals surface area contributed by atoms with Gasteiger partial charge in [-0.3, -0.25) is 10.1 Å². The van der Waals surface area contributed by atoms with Crippen LogP contribution in [0.1, 0.15) is 21.6 Å². The van der Waals surface area contributed by atoms with Crippen molar-refractivity contribution in [3.8, 4) is 0 Å². The number of aromatic nitrogens is 2. The maximum atomic E-state index is 13.4. The number of nitrogens with zero attached hydrogens (tertiary/aromatic N) is 2. The Hall–Kier alpha value is -1.18. The summed E-state index contributed by atoms with van der Waals surface area (Å²) in [5.41, 5.74) is 0.879. The fraction of sp³-hybridized carbons (Fsp3) is 0.133. The van der Waals surface area contributed by atoms with Crippen molar-refractivity contribution < 1.29 is 55.3 Å². The molecule has 9 heteroatoms. The van der Waals surface area contributed by atoms with Gasteiger partial charge < -0.3 is 17.7 Å². The molecule has 3 amide bonds. The van der Waals surface area contributed by atoms with E-state index in [0.29, 0.717) is 5.69 Å². The van der Waals surface area contributed by atoms with E-state index in [9.17, 15) is 14.0 Å². The van der Waals surface area contributed by atoms with E-state index in [0.717, 1.165) is 11.6 Å². The van der Waals surface area contributed by atoms with Crippen LogP contribution >= 0.6 is 11.6 Å². The van der Waals surface area contributed by atoms with Gasteiger partial charge in [-0.25, -0.2) is 14.2 Å². The van der Waals surface area contributed by atoms with Gasteiger partial charge in [-0.2, -0.15) is 6.07 Å². The van der Waals surface area contributed by atoms with Crippen LogP contribution in [0, 0.1) is 74.6 Å². The predicted octanol–water partition coefficient (Wildman–Crippen LogP) is 3.10. The smallest absolute Gasteiger partial charge is 0.324 e. The van der Waals surface area contributed by atoms with Crippen LogP contribution in [0.3, 0.4) is 0 Å². The van der Waals surface area contributed by atoms with Crippen LogP contribution < -0.4 is 10.6 Å². The summed E-state index contributed by atoms with van der Waals surface area (Å²) >= 11 is 5.78. The molecule has 1 radical (unpaired) electrons. The summed E-state index contributed by atoms with van der Waals surface area (Å²) in [6, 6.07) is 1.79. The Labute approximate surface area is 177 Å². The summed E-state index contributed by atoms with van der Waals surface area (Å²) in [6.45, 7) is 3.16. The second kappa shape index (κ2) is 9.96. The van der Waals surface area contributed by atoms with Crippen molar-refractivity contribution in [2.75, 3.05) is 5.32 Å². The molecular weight excluding hydrogens is 464 g/mol. The van der Waals surface area contributed by atoms with Crippen LogP contribution in [0.2, 0.25) is 5.15 Å². The number of halogens is 2. The molecule has 2 heterocycles. The molecule has 0 spiro atoms.